The van der Waals surface area contributed by atoms with E-state index in [-0.39, 0.29) is 17.8 Å². The van der Waals surface area contributed by atoms with E-state index in [1.807, 2.05) is 18.3 Å². The quantitative estimate of drug-likeness (QED) is 0.678. The molecule has 84 valence electrons. The maximum absolute atomic E-state index is 10.9. The number of hydrogen-bond acceptors (Lipinski definition) is 4. The second-order valence-corrected chi connectivity index (χ2v) is 4.86. The van der Waals surface area contributed by atoms with E-state index in [1.54, 1.807) is 0 Å². The highest BCUT2D eigenvalue weighted by Crippen LogP contribution is 2.21. The van der Waals surface area contributed by atoms with Crippen molar-refractivity contribution in [1.82, 2.24) is 4.98 Å². The molecule has 4 heteroatoms. The molecule has 0 saturated carbocycles. The summed E-state index contributed by atoms with van der Waals surface area (Å²) in [5, 5.41) is 3.68. The summed E-state index contributed by atoms with van der Waals surface area (Å²) in [5.41, 5.74) is 2.54. The van der Waals surface area contributed by atoms with Crippen molar-refractivity contribution in [2.24, 2.45) is 5.16 Å². The van der Waals surface area contributed by atoms with Crippen molar-refractivity contribution in [3.8, 4) is 0 Å². The van der Waals surface area contributed by atoms with Crippen molar-refractivity contribution >= 4 is 11.7 Å². The largest absolute Gasteiger partial charge is 0.341 e. The van der Waals surface area contributed by atoms with Crippen molar-refractivity contribution in [2.75, 3.05) is 0 Å². The minimum absolute atomic E-state index is 0.0787. The van der Waals surface area contributed by atoms with Gasteiger partial charge >= 0.3 is 5.97 Å². The lowest BCUT2D eigenvalue weighted by atomic mass is 9.88. The van der Waals surface area contributed by atoms with E-state index in [2.05, 4.69) is 35.7 Å². The molecule has 1 aliphatic heterocycles. The molecule has 2 heterocycles. The molecule has 16 heavy (non-hydrogen) atoms. The number of rotatable bonds is 1. The molecule has 0 spiro atoms. The van der Waals surface area contributed by atoms with Gasteiger partial charge < -0.3 is 4.84 Å². The third-order valence-corrected chi connectivity index (χ3v) is 2.49. The summed E-state index contributed by atoms with van der Waals surface area (Å²) in [7, 11) is 0. The highest BCUT2D eigenvalue weighted by atomic mass is 16.7. The Kier molecular flexibility index (Phi) is 2.50. The second-order valence-electron chi connectivity index (χ2n) is 4.86. The van der Waals surface area contributed by atoms with Crippen molar-refractivity contribution in [3.63, 3.8) is 0 Å². The minimum Gasteiger partial charge on any atom is -0.317 e. The van der Waals surface area contributed by atoms with E-state index < -0.39 is 0 Å². The fourth-order valence-corrected chi connectivity index (χ4v) is 1.45. The van der Waals surface area contributed by atoms with E-state index >= 15 is 0 Å². The molecule has 0 N–H and O–H groups in total. The molecule has 0 atom stereocenters. The van der Waals surface area contributed by atoms with Crippen LogP contribution in [0.4, 0.5) is 0 Å². The summed E-state index contributed by atoms with van der Waals surface area (Å²) >= 11 is 0. The van der Waals surface area contributed by atoms with Gasteiger partial charge in [-0.25, -0.2) is 4.79 Å². The minimum atomic E-state index is -0.323. The van der Waals surface area contributed by atoms with Gasteiger partial charge in [-0.15, -0.1) is 0 Å². The van der Waals surface area contributed by atoms with Crippen molar-refractivity contribution in [3.05, 3.63) is 29.6 Å². The number of carbonyl (C=O) groups excluding carboxylic acids is 1. The molecule has 0 bridgehead atoms. The van der Waals surface area contributed by atoms with E-state index in [0.29, 0.717) is 11.4 Å². The van der Waals surface area contributed by atoms with Crippen LogP contribution < -0.4 is 0 Å². The fraction of sp³-hybridized carbons (Fsp3) is 0.417. The average molecular weight is 218 g/mol. The number of nitrogens with zero attached hydrogens (tertiary/aromatic N) is 2. The van der Waals surface area contributed by atoms with Gasteiger partial charge in [-0.2, -0.15) is 0 Å². The number of pyridine rings is 1. The summed E-state index contributed by atoms with van der Waals surface area (Å²) in [4.78, 5) is 19.7. The lowest BCUT2D eigenvalue weighted by Gasteiger charge is -2.18. The number of oxime groups is 1. The molecule has 1 aromatic rings. The number of aromatic nitrogens is 1. The first-order chi connectivity index (χ1) is 7.47. The van der Waals surface area contributed by atoms with Crippen LogP contribution in [0.1, 0.15) is 38.4 Å². The molecule has 1 aromatic heterocycles. The summed E-state index contributed by atoms with van der Waals surface area (Å²) in [5.74, 6) is -0.323. The van der Waals surface area contributed by atoms with Crippen LogP contribution in [-0.2, 0) is 15.0 Å². The molecule has 2 rings (SSSR count). The van der Waals surface area contributed by atoms with Crippen LogP contribution in [0.25, 0.3) is 0 Å². The maximum Gasteiger partial charge on any atom is 0.341 e. The third-order valence-electron chi connectivity index (χ3n) is 2.49. The van der Waals surface area contributed by atoms with Crippen molar-refractivity contribution in [1.29, 1.82) is 0 Å². The molecule has 0 fully saturated rings. The molecule has 0 amide bonds. The predicted octanol–water partition coefficient (Wildman–Crippen LogP) is 2.03. The standard InChI is InChI=1S/C12H14N2O2/c1-12(2,3)8-4-5-9(13-7-8)10-6-11(15)16-14-10/h4-5,7H,6H2,1-3H3. The van der Waals surface area contributed by atoms with Gasteiger partial charge in [-0.1, -0.05) is 32.0 Å². The zero-order chi connectivity index (χ0) is 11.8. The Labute approximate surface area is 94.3 Å². The van der Waals surface area contributed by atoms with E-state index in [1.165, 1.54) is 0 Å². The first kappa shape index (κ1) is 10.8. The van der Waals surface area contributed by atoms with E-state index in [9.17, 15) is 4.79 Å². The van der Waals surface area contributed by atoms with E-state index in [4.69, 9.17) is 0 Å². The number of carbonyl (C=O) groups is 1. The van der Waals surface area contributed by atoms with Crippen LogP contribution in [0, 0.1) is 0 Å². The van der Waals surface area contributed by atoms with E-state index in [0.717, 1.165) is 5.56 Å². The monoisotopic (exact) mass is 218 g/mol. The Hall–Kier alpha value is -1.71. The zero-order valence-electron chi connectivity index (χ0n) is 9.65. The molecule has 0 saturated heterocycles. The lowest BCUT2D eigenvalue weighted by Crippen LogP contribution is -2.12. The molecular formula is C12H14N2O2. The SMILES string of the molecule is CC(C)(C)c1ccc(C2=NOC(=O)C2)nc1. The smallest absolute Gasteiger partial charge is 0.317 e. The second kappa shape index (κ2) is 3.70. The van der Waals surface area contributed by atoms with Crippen molar-refractivity contribution < 1.29 is 9.63 Å². The van der Waals surface area contributed by atoms with Crippen LogP contribution in [0.15, 0.2) is 23.5 Å². The van der Waals surface area contributed by atoms with Crippen molar-refractivity contribution in [2.45, 2.75) is 32.6 Å². The molecule has 0 aromatic carbocycles. The Morgan fingerprint density at radius 2 is 2.06 bits per heavy atom. The van der Waals surface area contributed by atoms with Gasteiger partial charge in [0.25, 0.3) is 0 Å². The Morgan fingerprint density at radius 1 is 1.31 bits per heavy atom. The summed E-state index contributed by atoms with van der Waals surface area (Å²) in [6.45, 7) is 6.39. The Balaban J connectivity index is 2.23. The Morgan fingerprint density at radius 3 is 2.50 bits per heavy atom. The van der Waals surface area contributed by atoms with Gasteiger partial charge in [-0.3, -0.25) is 4.98 Å². The predicted molar refractivity (Wildman–Crippen MR) is 60.2 cm³/mol. The summed E-state index contributed by atoms with van der Waals surface area (Å²) < 4.78 is 0. The summed E-state index contributed by atoms with van der Waals surface area (Å²) in [6.07, 6.45) is 2.03. The molecular weight excluding hydrogens is 204 g/mol. The highest BCUT2D eigenvalue weighted by Gasteiger charge is 2.21. The normalized spacial score (nSPS) is 15.9. The van der Waals surface area contributed by atoms with Gasteiger partial charge in [0.15, 0.2) is 0 Å². The Bertz CT molecular complexity index is 441. The lowest BCUT2D eigenvalue weighted by molar-refractivity contribution is -0.140. The summed E-state index contributed by atoms with van der Waals surface area (Å²) in [6, 6.07) is 3.88. The fourth-order valence-electron chi connectivity index (χ4n) is 1.45. The third kappa shape index (κ3) is 2.10. The van der Waals surface area contributed by atoms with Crippen LogP contribution in [0.5, 0.6) is 0 Å². The molecule has 0 unspecified atom stereocenters. The molecule has 1 aliphatic rings. The number of hydrogen-bond donors (Lipinski definition) is 0. The molecule has 0 aliphatic carbocycles. The maximum atomic E-state index is 10.9. The van der Waals surface area contributed by atoms with Crippen LogP contribution >= 0.6 is 0 Å². The highest BCUT2D eigenvalue weighted by molar-refractivity contribution is 6.10. The van der Waals surface area contributed by atoms with Crippen LogP contribution in [-0.4, -0.2) is 16.7 Å². The molecule has 4 nitrogen and oxygen atoms in total. The van der Waals surface area contributed by atoms with Crippen LogP contribution in [0.2, 0.25) is 0 Å². The van der Waals surface area contributed by atoms with Gasteiger partial charge in [0.1, 0.15) is 5.71 Å². The zero-order valence-corrected chi connectivity index (χ0v) is 9.65. The first-order valence-electron chi connectivity index (χ1n) is 5.20. The van der Waals surface area contributed by atoms with Gasteiger partial charge in [0.2, 0.25) is 0 Å². The van der Waals surface area contributed by atoms with Crippen LogP contribution in [0.3, 0.4) is 0 Å². The topological polar surface area (TPSA) is 51.5 Å². The van der Waals surface area contributed by atoms with Gasteiger partial charge in [0.05, 0.1) is 12.1 Å². The van der Waals surface area contributed by atoms with Gasteiger partial charge in [-0.05, 0) is 17.0 Å². The van der Waals surface area contributed by atoms with Gasteiger partial charge in [0, 0.05) is 6.20 Å². The average Bonchev–Trinajstić information content (AvgIpc) is 2.64. The molecule has 0 radical (unpaired) electrons. The first-order valence-corrected chi connectivity index (χ1v) is 5.20.